The lowest BCUT2D eigenvalue weighted by Gasteiger charge is -2.11. The van der Waals surface area contributed by atoms with Crippen molar-refractivity contribution >= 4 is 39.4 Å². The highest BCUT2D eigenvalue weighted by atomic mass is 127. The first-order valence-electron chi connectivity index (χ1n) is 5.49. The van der Waals surface area contributed by atoms with E-state index in [1.165, 1.54) is 6.33 Å². The van der Waals surface area contributed by atoms with Crippen LogP contribution in [0.25, 0.3) is 11.0 Å². The second kappa shape index (κ2) is 4.05. The first-order chi connectivity index (χ1) is 8.16. The zero-order valence-corrected chi connectivity index (χ0v) is 11.6. The van der Waals surface area contributed by atoms with E-state index >= 15 is 0 Å². The van der Waals surface area contributed by atoms with Crippen LogP contribution in [0.15, 0.2) is 6.33 Å². The molecule has 90 valence electrons. The molecular formula is C10H13IN6. The third kappa shape index (κ3) is 1.77. The van der Waals surface area contributed by atoms with Crippen LogP contribution in [-0.4, -0.2) is 44.8 Å². The fraction of sp³-hybridized carbons (Fsp3) is 0.500. The third-order valence-corrected chi connectivity index (χ3v) is 3.94. The van der Waals surface area contributed by atoms with Gasteiger partial charge in [0.15, 0.2) is 5.65 Å². The Balaban J connectivity index is 2.14. The Bertz CT molecular complexity index is 565. The Morgan fingerprint density at radius 3 is 3.00 bits per heavy atom. The zero-order valence-electron chi connectivity index (χ0n) is 9.47. The van der Waals surface area contributed by atoms with Crippen LogP contribution >= 0.6 is 22.6 Å². The summed E-state index contributed by atoms with van der Waals surface area (Å²) in [6.07, 6.45) is 2.61. The topological polar surface area (TPSA) is 72.9 Å². The average molecular weight is 344 g/mol. The van der Waals surface area contributed by atoms with Gasteiger partial charge in [-0.1, -0.05) is 0 Å². The van der Waals surface area contributed by atoms with E-state index in [1.807, 2.05) is 4.68 Å². The number of nitrogen functional groups attached to an aromatic ring is 1. The highest BCUT2D eigenvalue weighted by molar-refractivity contribution is 14.1. The number of halogens is 1. The molecule has 0 spiro atoms. The van der Waals surface area contributed by atoms with Crippen molar-refractivity contribution in [2.45, 2.75) is 12.5 Å². The molecule has 3 heterocycles. The molecule has 1 aliphatic heterocycles. The summed E-state index contributed by atoms with van der Waals surface area (Å²) in [4.78, 5) is 10.6. The van der Waals surface area contributed by atoms with Gasteiger partial charge in [0.25, 0.3) is 0 Å². The van der Waals surface area contributed by atoms with Gasteiger partial charge < -0.3 is 10.6 Å². The molecule has 2 N–H and O–H groups in total. The van der Waals surface area contributed by atoms with E-state index in [9.17, 15) is 0 Å². The van der Waals surface area contributed by atoms with Crippen LogP contribution in [-0.2, 0) is 0 Å². The molecule has 1 fully saturated rings. The maximum Gasteiger partial charge on any atom is 0.164 e. The number of rotatable bonds is 1. The maximum absolute atomic E-state index is 5.88. The van der Waals surface area contributed by atoms with Crippen molar-refractivity contribution in [1.29, 1.82) is 0 Å². The van der Waals surface area contributed by atoms with E-state index in [-0.39, 0.29) is 0 Å². The standard InChI is InChI=1S/C10H13IN6/c1-16-3-2-6(4-16)17-10-7(8(11)15-17)9(12)13-5-14-10/h5-6H,2-4H2,1H3,(H2,12,13,14). The molecule has 1 unspecified atom stereocenters. The van der Waals surface area contributed by atoms with Crippen LogP contribution in [0.5, 0.6) is 0 Å². The van der Waals surface area contributed by atoms with E-state index in [0.29, 0.717) is 11.9 Å². The summed E-state index contributed by atoms with van der Waals surface area (Å²) in [5.41, 5.74) is 6.73. The second-order valence-electron chi connectivity index (χ2n) is 4.40. The van der Waals surface area contributed by atoms with Crippen molar-refractivity contribution < 1.29 is 0 Å². The predicted octanol–water partition coefficient (Wildman–Crippen LogP) is 0.890. The van der Waals surface area contributed by atoms with Gasteiger partial charge in [0.05, 0.1) is 11.4 Å². The van der Waals surface area contributed by atoms with Gasteiger partial charge >= 0.3 is 0 Å². The van der Waals surface area contributed by atoms with Gasteiger partial charge in [-0.2, -0.15) is 5.10 Å². The molecule has 7 heteroatoms. The first-order valence-corrected chi connectivity index (χ1v) is 6.57. The number of hydrogen-bond donors (Lipinski definition) is 1. The predicted molar refractivity (Wildman–Crippen MR) is 73.6 cm³/mol. The number of anilines is 1. The van der Waals surface area contributed by atoms with Gasteiger partial charge in [0, 0.05) is 13.1 Å². The number of nitrogens with two attached hydrogens (primary N) is 1. The van der Waals surface area contributed by atoms with Crippen molar-refractivity contribution in [2.24, 2.45) is 0 Å². The summed E-state index contributed by atoms with van der Waals surface area (Å²) in [6, 6.07) is 0.389. The zero-order chi connectivity index (χ0) is 12.0. The molecule has 0 saturated carbocycles. The van der Waals surface area contributed by atoms with E-state index < -0.39 is 0 Å². The van der Waals surface area contributed by atoms with Crippen LogP contribution in [0.4, 0.5) is 5.82 Å². The minimum absolute atomic E-state index is 0.389. The number of aromatic nitrogens is 4. The Labute approximate surface area is 112 Å². The Morgan fingerprint density at radius 1 is 1.47 bits per heavy atom. The molecule has 2 aromatic heterocycles. The minimum atomic E-state index is 0.389. The van der Waals surface area contributed by atoms with Gasteiger partial charge in [-0.3, -0.25) is 0 Å². The average Bonchev–Trinajstić information content (AvgIpc) is 2.84. The van der Waals surface area contributed by atoms with E-state index in [1.54, 1.807) is 0 Å². The first kappa shape index (κ1) is 11.1. The quantitative estimate of drug-likeness (QED) is 0.778. The fourth-order valence-electron chi connectivity index (χ4n) is 2.32. The van der Waals surface area contributed by atoms with Crippen LogP contribution in [0, 0.1) is 3.70 Å². The van der Waals surface area contributed by atoms with Gasteiger partial charge in [-0.15, -0.1) is 0 Å². The second-order valence-corrected chi connectivity index (χ2v) is 5.42. The molecule has 1 atom stereocenters. The molecule has 6 nitrogen and oxygen atoms in total. The van der Waals surface area contributed by atoms with Crippen molar-refractivity contribution in [3.05, 3.63) is 10.0 Å². The smallest absolute Gasteiger partial charge is 0.164 e. The summed E-state index contributed by atoms with van der Waals surface area (Å²) >= 11 is 2.19. The van der Waals surface area contributed by atoms with Crippen LogP contribution in [0.1, 0.15) is 12.5 Å². The van der Waals surface area contributed by atoms with Gasteiger partial charge in [-0.05, 0) is 36.1 Å². The molecule has 2 aromatic rings. The lowest BCUT2D eigenvalue weighted by atomic mass is 10.2. The largest absolute Gasteiger partial charge is 0.383 e. The number of nitrogens with zero attached hydrogens (tertiary/aromatic N) is 5. The lowest BCUT2D eigenvalue weighted by molar-refractivity contribution is 0.384. The summed E-state index contributed by atoms with van der Waals surface area (Å²) in [6.45, 7) is 2.11. The summed E-state index contributed by atoms with van der Waals surface area (Å²) in [5, 5.41) is 5.44. The number of likely N-dealkylation sites (N-methyl/N-ethyl adjacent to an activating group) is 1. The third-order valence-electron chi connectivity index (χ3n) is 3.19. The Hall–Kier alpha value is -0.960. The molecule has 1 saturated heterocycles. The van der Waals surface area contributed by atoms with Crippen LogP contribution < -0.4 is 5.73 Å². The Kier molecular flexibility index (Phi) is 2.66. The fourth-order valence-corrected chi connectivity index (χ4v) is 3.07. The molecule has 17 heavy (non-hydrogen) atoms. The molecule has 0 aromatic carbocycles. The van der Waals surface area contributed by atoms with Crippen molar-refractivity contribution in [3.63, 3.8) is 0 Å². The van der Waals surface area contributed by atoms with Gasteiger partial charge in [0.2, 0.25) is 0 Å². The van der Waals surface area contributed by atoms with Crippen molar-refractivity contribution in [3.8, 4) is 0 Å². The molecule has 0 radical (unpaired) electrons. The maximum atomic E-state index is 5.88. The molecular weight excluding hydrogens is 331 g/mol. The molecule has 3 rings (SSSR count). The molecule has 0 bridgehead atoms. The highest BCUT2D eigenvalue weighted by Gasteiger charge is 2.25. The van der Waals surface area contributed by atoms with E-state index in [2.05, 4.69) is 49.6 Å². The van der Waals surface area contributed by atoms with Gasteiger partial charge in [-0.25, -0.2) is 14.6 Å². The van der Waals surface area contributed by atoms with Crippen molar-refractivity contribution in [2.75, 3.05) is 25.9 Å². The normalized spacial score (nSPS) is 21.4. The van der Waals surface area contributed by atoms with Gasteiger partial charge in [0.1, 0.15) is 15.8 Å². The molecule has 0 aliphatic carbocycles. The highest BCUT2D eigenvalue weighted by Crippen LogP contribution is 2.28. The summed E-state index contributed by atoms with van der Waals surface area (Å²) in [7, 11) is 2.13. The SMILES string of the molecule is CN1CCC(n2nc(I)c3c(N)ncnc32)C1. The molecule has 0 amide bonds. The lowest BCUT2D eigenvalue weighted by Crippen LogP contribution is -2.17. The minimum Gasteiger partial charge on any atom is -0.383 e. The van der Waals surface area contributed by atoms with E-state index in [4.69, 9.17) is 5.73 Å². The summed E-state index contributed by atoms with van der Waals surface area (Å²) < 4.78 is 2.88. The van der Waals surface area contributed by atoms with E-state index in [0.717, 1.165) is 34.2 Å². The number of hydrogen-bond acceptors (Lipinski definition) is 5. The monoisotopic (exact) mass is 344 g/mol. The summed E-state index contributed by atoms with van der Waals surface area (Å²) in [5.74, 6) is 0.511. The van der Waals surface area contributed by atoms with Crippen LogP contribution in [0.2, 0.25) is 0 Å². The van der Waals surface area contributed by atoms with Crippen LogP contribution in [0.3, 0.4) is 0 Å². The number of likely N-dealkylation sites (tertiary alicyclic amines) is 1. The molecule has 1 aliphatic rings. The van der Waals surface area contributed by atoms with Crippen molar-refractivity contribution in [1.82, 2.24) is 24.6 Å². The Morgan fingerprint density at radius 2 is 2.29 bits per heavy atom. The number of fused-ring (bicyclic) bond motifs is 1.